The summed E-state index contributed by atoms with van der Waals surface area (Å²) in [5, 5.41) is 5.30. The molecular formula is C27H18FN5O2S. The maximum Gasteiger partial charge on any atom is 0.281 e. The average molecular weight is 496 g/mol. The number of imide groups is 1. The molecule has 7 nitrogen and oxygen atoms in total. The van der Waals surface area contributed by atoms with E-state index in [9.17, 15) is 14.0 Å². The molecule has 0 fully saturated rings. The molecule has 0 atom stereocenters. The van der Waals surface area contributed by atoms with Gasteiger partial charge >= 0.3 is 0 Å². The van der Waals surface area contributed by atoms with Gasteiger partial charge in [0.1, 0.15) is 5.82 Å². The Hall–Kier alpha value is -4.76. The highest BCUT2D eigenvalue weighted by molar-refractivity contribution is 7.80. The fourth-order valence-corrected chi connectivity index (χ4v) is 4.72. The van der Waals surface area contributed by atoms with E-state index in [4.69, 9.17) is 12.2 Å². The van der Waals surface area contributed by atoms with Crippen molar-refractivity contribution in [3.05, 3.63) is 102 Å². The standard InChI is InChI=1S/C27H18FN5O2S/c28-15-6-5-7-16(12-15)31-27(36)32-33-25(34)23(19-13-29-21-10-3-1-8-17(19)21)24(26(33)35)20-14-30-22-11-4-2-9-18(20)22/h1-14,29-30H,(H2,31,32,36). The van der Waals surface area contributed by atoms with Crippen LogP contribution in [0.3, 0.4) is 0 Å². The van der Waals surface area contributed by atoms with Gasteiger partial charge in [-0.1, -0.05) is 42.5 Å². The van der Waals surface area contributed by atoms with Gasteiger partial charge in [0.25, 0.3) is 11.8 Å². The largest absolute Gasteiger partial charge is 0.361 e. The van der Waals surface area contributed by atoms with E-state index in [0.717, 1.165) is 26.8 Å². The first-order valence-corrected chi connectivity index (χ1v) is 11.5. The van der Waals surface area contributed by atoms with Crippen LogP contribution in [0.15, 0.2) is 85.2 Å². The van der Waals surface area contributed by atoms with Gasteiger partial charge in [-0.3, -0.25) is 15.0 Å². The number of aromatic amines is 2. The third-order valence-electron chi connectivity index (χ3n) is 6.10. The second kappa shape index (κ2) is 8.47. The molecule has 5 aromatic rings. The minimum absolute atomic E-state index is 0.0271. The molecule has 2 aromatic heterocycles. The van der Waals surface area contributed by atoms with E-state index in [-0.39, 0.29) is 16.3 Å². The van der Waals surface area contributed by atoms with Crippen LogP contribution in [0.5, 0.6) is 0 Å². The van der Waals surface area contributed by atoms with E-state index < -0.39 is 17.6 Å². The van der Waals surface area contributed by atoms with Crippen LogP contribution < -0.4 is 10.7 Å². The predicted octanol–water partition coefficient (Wildman–Crippen LogP) is 4.97. The topological polar surface area (TPSA) is 93.0 Å². The van der Waals surface area contributed by atoms with Crippen molar-refractivity contribution in [3.63, 3.8) is 0 Å². The molecule has 0 aliphatic carbocycles. The van der Waals surface area contributed by atoms with Crippen LogP contribution in [0.4, 0.5) is 10.1 Å². The second-order valence-electron chi connectivity index (χ2n) is 8.27. The molecule has 176 valence electrons. The summed E-state index contributed by atoms with van der Waals surface area (Å²) >= 11 is 5.33. The minimum Gasteiger partial charge on any atom is -0.361 e. The van der Waals surface area contributed by atoms with Crippen LogP contribution in [-0.2, 0) is 9.59 Å². The maximum absolute atomic E-state index is 13.8. The molecule has 1 aliphatic heterocycles. The van der Waals surface area contributed by atoms with Crippen molar-refractivity contribution >= 4 is 67.8 Å². The summed E-state index contributed by atoms with van der Waals surface area (Å²) in [6.07, 6.45) is 3.46. The summed E-state index contributed by atoms with van der Waals surface area (Å²) in [6.45, 7) is 0. The van der Waals surface area contributed by atoms with Crippen LogP contribution in [0.1, 0.15) is 11.1 Å². The fraction of sp³-hybridized carbons (Fsp3) is 0. The van der Waals surface area contributed by atoms with E-state index in [1.807, 2.05) is 48.5 Å². The first kappa shape index (κ1) is 21.8. The number of para-hydroxylation sites is 2. The van der Waals surface area contributed by atoms with Gasteiger partial charge in [-0.25, -0.2) is 4.39 Å². The summed E-state index contributed by atoms with van der Waals surface area (Å²) in [5.41, 5.74) is 6.48. The molecule has 0 spiro atoms. The molecule has 3 heterocycles. The summed E-state index contributed by atoms with van der Waals surface area (Å²) in [7, 11) is 0. The number of nitrogens with zero attached hydrogens (tertiary/aromatic N) is 1. The molecule has 0 radical (unpaired) electrons. The van der Waals surface area contributed by atoms with Crippen LogP contribution in [0.2, 0.25) is 0 Å². The first-order chi connectivity index (χ1) is 17.5. The summed E-state index contributed by atoms with van der Waals surface area (Å²) < 4.78 is 13.6. The lowest BCUT2D eigenvalue weighted by Crippen LogP contribution is -2.48. The van der Waals surface area contributed by atoms with Crippen molar-refractivity contribution in [1.82, 2.24) is 20.4 Å². The second-order valence-corrected chi connectivity index (χ2v) is 8.68. The number of amides is 2. The number of carbonyl (C=O) groups excluding carboxylic acids is 2. The Morgan fingerprint density at radius 2 is 1.33 bits per heavy atom. The molecule has 36 heavy (non-hydrogen) atoms. The van der Waals surface area contributed by atoms with Crippen molar-refractivity contribution in [1.29, 1.82) is 0 Å². The first-order valence-electron chi connectivity index (χ1n) is 11.1. The smallest absolute Gasteiger partial charge is 0.281 e. The number of fused-ring (bicyclic) bond motifs is 2. The quantitative estimate of drug-likeness (QED) is 0.209. The minimum atomic E-state index is -0.548. The molecule has 6 rings (SSSR count). The molecule has 4 N–H and O–H groups in total. The number of rotatable bonds is 4. The zero-order valence-corrected chi connectivity index (χ0v) is 19.4. The van der Waals surface area contributed by atoms with Crippen LogP contribution >= 0.6 is 12.2 Å². The molecule has 3 aromatic carbocycles. The molecule has 0 saturated carbocycles. The Bertz CT molecular complexity index is 1640. The van der Waals surface area contributed by atoms with Gasteiger partial charge in [-0.2, -0.15) is 5.01 Å². The van der Waals surface area contributed by atoms with Crippen LogP contribution in [-0.4, -0.2) is 31.9 Å². The Labute approximate surface area is 209 Å². The van der Waals surface area contributed by atoms with E-state index in [0.29, 0.717) is 16.8 Å². The predicted molar refractivity (Wildman–Crippen MR) is 141 cm³/mol. The van der Waals surface area contributed by atoms with Crippen LogP contribution in [0.25, 0.3) is 33.0 Å². The highest BCUT2D eigenvalue weighted by Crippen LogP contribution is 2.40. The highest BCUT2D eigenvalue weighted by Gasteiger charge is 2.42. The number of hydrogen-bond acceptors (Lipinski definition) is 3. The molecule has 9 heteroatoms. The lowest BCUT2D eigenvalue weighted by molar-refractivity contribution is -0.138. The van der Waals surface area contributed by atoms with E-state index in [1.54, 1.807) is 18.5 Å². The van der Waals surface area contributed by atoms with Crippen molar-refractivity contribution in [2.24, 2.45) is 0 Å². The lowest BCUT2D eigenvalue weighted by atomic mass is 9.95. The van der Waals surface area contributed by atoms with Crippen molar-refractivity contribution in [2.45, 2.75) is 0 Å². The number of thiocarbonyl (C=S) groups is 1. The Morgan fingerprint density at radius 1 is 0.778 bits per heavy atom. The van der Waals surface area contributed by atoms with Crippen molar-refractivity contribution in [3.8, 4) is 0 Å². The molecule has 1 aliphatic rings. The van der Waals surface area contributed by atoms with E-state index in [2.05, 4.69) is 20.7 Å². The maximum atomic E-state index is 13.8. The number of H-pyrrole nitrogens is 2. The molecule has 2 amide bonds. The highest BCUT2D eigenvalue weighted by atomic mass is 32.1. The van der Waals surface area contributed by atoms with E-state index in [1.165, 1.54) is 18.2 Å². The zero-order chi connectivity index (χ0) is 24.8. The number of hydrogen-bond donors (Lipinski definition) is 4. The Balaban J connectivity index is 1.44. The van der Waals surface area contributed by atoms with Gasteiger partial charge in [-0.15, -0.1) is 0 Å². The lowest BCUT2D eigenvalue weighted by Gasteiger charge is -2.19. The average Bonchev–Trinajstić information content (AvgIpc) is 3.55. The third-order valence-corrected chi connectivity index (χ3v) is 6.29. The molecule has 0 saturated heterocycles. The number of anilines is 1. The molecular weight excluding hydrogens is 477 g/mol. The number of nitrogens with one attached hydrogen (secondary N) is 4. The van der Waals surface area contributed by atoms with Gasteiger partial charge in [0.2, 0.25) is 0 Å². The summed E-state index contributed by atoms with van der Waals surface area (Å²) in [5.74, 6) is -1.54. The monoisotopic (exact) mass is 495 g/mol. The van der Waals surface area contributed by atoms with E-state index >= 15 is 0 Å². The molecule has 0 unspecified atom stereocenters. The van der Waals surface area contributed by atoms with Crippen molar-refractivity contribution < 1.29 is 14.0 Å². The fourth-order valence-electron chi connectivity index (χ4n) is 4.51. The zero-order valence-electron chi connectivity index (χ0n) is 18.6. The van der Waals surface area contributed by atoms with Gasteiger partial charge in [0.15, 0.2) is 5.11 Å². The number of benzene rings is 3. The van der Waals surface area contributed by atoms with Gasteiger partial charge in [-0.05, 0) is 42.5 Å². The summed E-state index contributed by atoms with van der Waals surface area (Å²) in [4.78, 5) is 33.9. The van der Waals surface area contributed by atoms with Gasteiger partial charge < -0.3 is 15.3 Å². The van der Waals surface area contributed by atoms with Crippen molar-refractivity contribution in [2.75, 3.05) is 5.32 Å². The van der Waals surface area contributed by atoms with Gasteiger partial charge in [0.05, 0.1) is 11.1 Å². The Kier molecular flexibility index (Phi) is 5.12. The van der Waals surface area contributed by atoms with Gasteiger partial charge in [0, 0.05) is 51.0 Å². The number of carbonyl (C=O) groups is 2. The Morgan fingerprint density at radius 3 is 1.89 bits per heavy atom. The molecule has 0 bridgehead atoms. The van der Waals surface area contributed by atoms with Crippen LogP contribution in [0, 0.1) is 5.82 Å². The SMILES string of the molecule is O=C1C(c2c[nH]c3ccccc23)=C(c2c[nH]c3ccccc23)C(=O)N1NC(=S)Nc1cccc(F)c1. The normalized spacial score (nSPS) is 13.8. The number of hydrazine groups is 1. The summed E-state index contributed by atoms with van der Waals surface area (Å²) in [6, 6.07) is 20.8. The number of halogens is 1. The third kappa shape index (κ3) is 3.53. The number of aromatic nitrogens is 2.